The average molecular weight is 215 g/mol. The van der Waals surface area contributed by atoms with Crippen LogP contribution in [-0.4, -0.2) is 29.0 Å². The van der Waals surface area contributed by atoms with Gasteiger partial charge in [0.1, 0.15) is 0 Å². The zero-order valence-electron chi connectivity index (χ0n) is 7.75. The van der Waals surface area contributed by atoms with E-state index in [4.69, 9.17) is 0 Å². The van der Waals surface area contributed by atoms with E-state index in [0.717, 1.165) is 0 Å². The minimum atomic E-state index is -4.02. The van der Waals surface area contributed by atoms with E-state index in [1.54, 1.807) is 0 Å². The Kier molecular flexibility index (Phi) is 7.50. The summed E-state index contributed by atoms with van der Waals surface area (Å²) in [6.07, 6.45) is 1.10. The molecule has 6 heteroatoms. The fourth-order valence-electron chi connectivity index (χ4n) is 0.691. The summed E-state index contributed by atoms with van der Waals surface area (Å²) in [6, 6.07) is 0. The minimum Gasteiger partial charge on any atom is -0.748 e. The van der Waals surface area contributed by atoms with Gasteiger partial charge in [-0.25, -0.2) is 8.42 Å². The predicted octanol–water partition coefficient (Wildman–Crippen LogP) is -2.32. The Bertz CT molecular complexity index is 207. The first-order valence-corrected chi connectivity index (χ1v) is 5.47. The molecule has 0 aromatic carbocycles. The largest absolute Gasteiger partial charge is 1.00 e. The average Bonchev–Trinajstić information content (AvgIpc) is 1.55. The Morgan fingerprint density at radius 2 is 1.83 bits per heavy atom. The Morgan fingerprint density at radius 1 is 1.42 bits per heavy atom. The summed E-state index contributed by atoms with van der Waals surface area (Å²) in [5, 5.41) is -0.0787. The van der Waals surface area contributed by atoms with Crippen molar-refractivity contribution in [2.75, 3.05) is 5.75 Å². The van der Waals surface area contributed by atoms with Crippen LogP contribution in [0.25, 0.3) is 0 Å². The van der Waals surface area contributed by atoms with Crippen LogP contribution >= 0.6 is 0 Å². The van der Waals surface area contributed by atoms with Crippen LogP contribution in [0.1, 0.15) is 26.7 Å². The van der Waals surface area contributed by atoms with Gasteiger partial charge in [0.2, 0.25) is 0 Å². The van der Waals surface area contributed by atoms with Crippen LogP contribution in [0, 0.1) is 0 Å². The van der Waals surface area contributed by atoms with Crippen molar-refractivity contribution in [1.82, 2.24) is 0 Å². The second-order valence-corrected chi connectivity index (χ2v) is 6.13. The van der Waals surface area contributed by atoms with Gasteiger partial charge in [-0.15, -0.1) is 0 Å². The van der Waals surface area contributed by atoms with Crippen LogP contribution < -0.4 is 29.6 Å². The Hall–Kier alpha value is 1.13. The van der Waals surface area contributed by atoms with Crippen LogP contribution in [0.15, 0.2) is 0 Å². The van der Waals surface area contributed by atoms with Crippen LogP contribution in [0.5, 0.6) is 0 Å². The van der Waals surface area contributed by atoms with Crippen molar-refractivity contribution in [2.24, 2.45) is 0 Å². The van der Waals surface area contributed by atoms with Crippen molar-refractivity contribution in [1.29, 1.82) is 0 Å². The molecule has 0 heterocycles. The Morgan fingerprint density at radius 3 is 2.08 bits per heavy atom. The molecule has 0 unspecified atom stereocenters. The van der Waals surface area contributed by atoms with Crippen molar-refractivity contribution >= 4 is 20.4 Å². The summed E-state index contributed by atoms with van der Waals surface area (Å²) >= 11 is 0. The van der Waals surface area contributed by atoms with E-state index in [1.165, 1.54) is 0 Å². The van der Waals surface area contributed by atoms with Gasteiger partial charge in [0, 0.05) is 16.0 Å². The van der Waals surface area contributed by atoms with Crippen LogP contribution in [0.2, 0.25) is 5.04 Å². The molecule has 0 N–H and O–H groups in total. The summed E-state index contributed by atoms with van der Waals surface area (Å²) in [5.74, 6) is -0.263. The summed E-state index contributed by atoms with van der Waals surface area (Å²) in [6.45, 7) is 3.86. The molecule has 0 spiro atoms. The molecule has 0 aliphatic carbocycles. The molecule has 12 heavy (non-hydrogen) atoms. The quantitative estimate of drug-likeness (QED) is 0.391. The molecular formula is C6H12NaO3SSi. The molecule has 0 bridgehead atoms. The van der Waals surface area contributed by atoms with Gasteiger partial charge in [-0.05, 0) is 11.5 Å². The third kappa shape index (κ3) is 13.7. The molecule has 0 aliphatic rings. The first kappa shape index (κ1) is 15.6. The molecule has 0 atom stereocenters. The molecule has 3 radical (unpaired) electrons. The van der Waals surface area contributed by atoms with Gasteiger partial charge in [0.25, 0.3) is 0 Å². The van der Waals surface area contributed by atoms with E-state index in [-0.39, 0.29) is 40.3 Å². The molecule has 0 fully saturated rings. The molecule has 0 aliphatic heterocycles. The number of hydrogen-bond acceptors (Lipinski definition) is 3. The minimum absolute atomic E-state index is 0. The number of rotatable bonds is 4. The van der Waals surface area contributed by atoms with Gasteiger partial charge >= 0.3 is 29.6 Å². The zero-order valence-corrected chi connectivity index (χ0v) is 11.6. The maximum absolute atomic E-state index is 10.1. The van der Waals surface area contributed by atoms with Gasteiger partial charge in [-0.2, -0.15) is 0 Å². The first-order chi connectivity index (χ1) is 4.71. The molecular weight excluding hydrogens is 203 g/mol. The number of hydrogen-bond donors (Lipinski definition) is 0. The first-order valence-electron chi connectivity index (χ1n) is 3.39. The van der Waals surface area contributed by atoms with Gasteiger partial charge in [-0.1, -0.05) is 20.3 Å². The molecule has 0 saturated carbocycles. The second-order valence-electron chi connectivity index (χ2n) is 3.25. The molecule has 0 aromatic heterocycles. The normalized spacial score (nSPS) is 12.3. The second kappa shape index (κ2) is 5.77. The zero-order chi connectivity index (χ0) is 9.12. The monoisotopic (exact) mass is 215 g/mol. The maximum Gasteiger partial charge on any atom is 1.00 e. The van der Waals surface area contributed by atoms with Crippen LogP contribution in [0.4, 0.5) is 0 Å². The summed E-state index contributed by atoms with van der Waals surface area (Å²) in [5.41, 5.74) is 0. The Balaban J connectivity index is 0. The summed E-state index contributed by atoms with van der Waals surface area (Å²) < 4.78 is 30.4. The predicted molar refractivity (Wildman–Crippen MR) is 43.6 cm³/mol. The molecule has 3 nitrogen and oxygen atoms in total. The summed E-state index contributed by atoms with van der Waals surface area (Å²) in [7, 11) is -0.619. The van der Waals surface area contributed by atoms with E-state index in [0.29, 0.717) is 12.8 Å². The molecule has 65 valence electrons. The van der Waals surface area contributed by atoms with Gasteiger partial charge in [-0.3, -0.25) is 0 Å². The molecule has 0 saturated heterocycles. The smallest absolute Gasteiger partial charge is 0.748 e. The van der Waals surface area contributed by atoms with Crippen molar-refractivity contribution in [2.45, 2.75) is 31.7 Å². The van der Waals surface area contributed by atoms with Crippen LogP contribution in [-0.2, 0) is 10.1 Å². The standard InChI is InChI=1S/C6H13O3SSi.Na/c1-6(2,11)4-3-5-10(7,8)9;/h3-5H2,1-2H3,(H,7,8,9);/q;+1/p-1. The maximum atomic E-state index is 10.1. The SMILES string of the molecule is CC(C)([Si])CCCS(=O)(=O)[O-].[Na+]. The van der Waals surface area contributed by atoms with Crippen molar-refractivity contribution in [3.8, 4) is 0 Å². The van der Waals surface area contributed by atoms with E-state index >= 15 is 0 Å². The fourth-order valence-corrected chi connectivity index (χ4v) is 1.37. The molecule has 0 aromatic rings. The van der Waals surface area contributed by atoms with Crippen LogP contribution in [0.3, 0.4) is 0 Å². The van der Waals surface area contributed by atoms with Crippen molar-refractivity contribution < 1.29 is 42.5 Å². The van der Waals surface area contributed by atoms with Crippen molar-refractivity contribution in [3.05, 3.63) is 0 Å². The van der Waals surface area contributed by atoms with E-state index < -0.39 is 10.1 Å². The third-order valence-corrected chi connectivity index (χ3v) is 2.23. The van der Waals surface area contributed by atoms with Gasteiger partial charge < -0.3 is 4.55 Å². The van der Waals surface area contributed by atoms with E-state index in [2.05, 4.69) is 10.2 Å². The van der Waals surface area contributed by atoms with E-state index in [9.17, 15) is 13.0 Å². The Labute approximate surface area is 99.8 Å². The fraction of sp³-hybridized carbons (Fsp3) is 1.00. The topological polar surface area (TPSA) is 57.2 Å². The third-order valence-electron chi connectivity index (χ3n) is 1.20. The van der Waals surface area contributed by atoms with Gasteiger partial charge in [0.05, 0.1) is 10.1 Å². The molecule has 0 rings (SSSR count). The van der Waals surface area contributed by atoms with E-state index in [1.807, 2.05) is 13.8 Å². The van der Waals surface area contributed by atoms with Gasteiger partial charge in [0.15, 0.2) is 0 Å². The van der Waals surface area contributed by atoms with Crippen molar-refractivity contribution in [3.63, 3.8) is 0 Å². The molecule has 0 amide bonds. The summed E-state index contributed by atoms with van der Waals surface area (Å²) in [4.78, 5) is 0.